The van der Waals surface area contributed by atoms with E-state index in [1.54, 1.807) is 0 Å². The summed E-state index contributed by atoms with van der Waals surface area (Å²) in [7, 11) is 0. The Morgan fingerprint density at radius 3 is 2.38 bits per heavy atom. The van der Waals surface area contributed by atoms with Gasteiger partial charge in [-0.2, -0.15) is 0 Å². The molecule has 0 unspecified atom stereocenters. The average molecular weight is 315 g/mol. The first-order valence-electron chi connectivity index (χ1n) is 3.08. The number of halogens is 4. The second kappa shape index (κ2) is 3.71. The number of carbonyl (C=O) groups excluding carboxylic acids is 1. The highest BCUT2D eigenvalue weighted by Gasteiger charge is 2.19. The lowest BCUT2D eigenvalue weighted by Crippen LogP contribution is -2.16. The van der Waals surface area contributed by atoms with Gasteiger partial charge >= 0.3 is 0 Å². The maximum absolute atomic E-state index is 13.2. The van der Waals surface area contributed by atoms with Crippen molar-refractivity contribution in [2.75, 3.05) is 0 Å². The van der Waals surface area contributed by atoms with Crippen LogP contribution in [-0.4, -0.2) is 5.91 Å². The molecule has 0 atom stereocenters. The molecule has 0 aliphatic carbocycles. The molecule has 1 aromatic carbocycles. The lowest BCUT2D eigenvalue weighted by Gasteiger charge is -2.04. The zero-order valence-corrected chi connectivity index (χ0v) is 9.25. The quantitative estimate of drug-likeness (QED) is 0.628. The van der Waals surface area contributed by atoms with Crippen LogP contribution >= 0.6 is 31.9 Å². The maximum atomic E-state index is 13.2. The number of hydrogen-bond acceptors (Lipinski definition) is 1. The monoisotopic (exact) mass is 313 g/mol. The molecule has 70 valence electrons. The van der Waals surface area contributed by atoms with Gasteiger partial charge in [-0.15, -0.1) is 0 Å². The molecule has 0 saturated heterocycles. The van der Waals surface area contributed by atoms with Gasteiger partial charge in [0.1, 0.15) is 11.4 Å². The fraction of sp³-hybridized carbons (Fsp3) is 0. The minimum atomic E-state index is -1.14. The highest BCUT2D eigenvalue weighted by Crippen LogP contribution is 2.29. The van der Waals surface area contributed by atoms with Crippen LogP contribution in [0.4, 0.5) is 8.78 Å². The topological polar surface area (TPSA) is 43.1 Å². The molecule has 0 saturated carbocycles. The molecule has 2 nitrogen and oxygen atoms in total. The van der Waals surface area contributed by atoms with E-state index in [-0.39, 0.29) is 8.95 Å². The maximum Gasteiger partial charge on any atom is 0.254 e. The van der Waals surface area contributed by atoms with E-state index in [4.69, 9.17) is 5.73 Å². The molecule has 0 spiro atoms. The Hall–Kier alpha value is -0.490. The Morgan fingerprint density at radius 1 is 1.38 bits per heavy atom. The molecule has 0 bridgehead atoms. The number of carbonyl (C=O) groups is 1. The van der Waals surface area contributed by atoms with Gasteiger partial charge in [0.2, 0.25) is 0 Å². The summed E-state index contributed by atoms with van der Waals surface area (Å²) in [4.78, 5) is 10.6. The first kappa shape index (κ1) is 10.6. The fourth-order valence-electron chi connectivity index (χ4n) is 0.792. The van der Waals surface area contributed by atoms with Crippen LogP contribution in [0.2, 0.25) is 0 Å². The van der Waals surface area contributed by atoms with E-state index >= 15 is 0 Å². The number of primary amides is 1. The van der Waals surface area contributed by atoms with E-state index in [1.165, 1.54) is 0 Å². The van der Waals surface area contributed by atoms with Crippen LogP contribution in [0.5, 0.6) is 0 Å². The largest absolute Gasteiger partial charge is 0.365 e. The van der Waals surface area contributed by atoms with Crippen molar-refractivity contribution >= 4 is 37.8 Å². The van der Waals surface area contributed by atoms with E-state index < -0.39 is 23.1 Å². The summed E-state index contributed by atoms with van der Waals surface area (Å²) in [6.07, 6.45) is 0. The SMILES string of the molecule is NC(=O)c1c(F)cc(Br)c(Br)c1F. The lowest BCUT2D eigenvalue weighted by molar-refractivity contribution is 0.0992. The van der Waals surface area contributed by atoms with Crippen molar-refractivity contribution in [3.63, 3.8) is 0 Å². The van der Waals surface area contributed by atoms with Crippen molar-refractivity contribution in [2.24, 2.45) is 5.73 Å². The van der Waals surface area contributed by atoms with Crippen LogP contribution < -0.4 is 5.73 Å². The Labute approximate surface area is 89.4 Å². The Bertz CT molecular complexity index is 381. The summed E-state index contributed by atoms with van der Waals surface area (Å²) in [5, 5.41) is 0. The van der Waals surface area contributed by atoms with Crippen LogP contribution in [0, 0.1) is 11.6 Å². The number of hydrogen-bond donors (Lipinski definition) is 1. The Morgan fingerprint density at radius 2 is 1.92 bits per heavy atom. The minimum Gasteiger partial charge on any atom is -0.365 e. The molecule has 1 rings (SSSR count). The number of nitrogens with two attached hydrogens (primary N) is 1. The number of rotatable bonds is 1. The van der Waals surface area contributed by atoms with Crippen molar-refractivity contribution < 1.29 is 13.6 Å². The highest BCUT2D eigenvalue weighted by molar-refractivity contribution is 9.13. The van der Waals surface area contributed by atoms with Gasteiger partial charge in [-0.05, 0) is 37.9 Å². The molecule has 1 amide bonds. The molecule has 0 aliphatic rings. The van der Waals surface area contributed by atoms with Crippen molar-refractivity contribution in [2.45, 2.75) is 0 Å². The van der Waals surface area contributed by atoms with E-state index in [9.17, 15) is 13.6 Å². The average Bonchev–Trinajstić information content (AvgIpc) is 1.99. The Kier molecular flexibility index (Phi) is 3.02. The normalized spacial score (nSPS) is 10.2. The summed E-state index contributed by atoms with van der Waals surface area (Å²) in [5.41, 5.74) is 4.04. The third-order valence-corrected chi connectivity index (χ3v) is 3.29. The molecular weight excluding hydrogens is 312 g/mol. The van der Waals surface area contributed by atoms with Crippen LogP contribution in [0.15, 0.2) is 15.0 Å². The molecule has 0 aliphatic heterocycles. The molecule has 13 heavy (non-hydrogen) atoms. The van der Waals surface area contributed by atoms with E-state index in [1.807, 2.05) is 0 Å². The summed E-state index contributed by atoms with van der Waals surface area (Å²) >= 11 is 5.74. The molecule has 2 N–H and O–H groups in total. The second-order valence-corrected chi connectivity index (χ2v) is 3.85. The molecule has 1 aromatic rings. The first-order valence-corrected chi connectivity index (χ1v) is 4.66. The van der Waals surface area contributed by atoms with Gasteiger partial charge in [-0.25, -0.2) is 8.78 Å². The third-order valence-electron chi connectivity index (χ3n) is 1.36. The summed E-state index contributed by atoms with van der Waals surface area (Å²) in [6, 6.07) is 0.966. The number of amides is 1. The molecular formula is C7H3Br2F2NO. The molecule has 0 heterocycles. The van der Waals surface area contributed by atoms with Crippen molar-refractivity contribution in [3.05, 3.63) is 32.2 Å². The highest BCUT2D eigenvalue weighted by atomic mass is 79.9. The van der Waals surface area contributed by atoms with E-state index in [0.717, 1.165) is 6.07 Å². The van der Waals surface area contributed by atoms with Crippen molar-refractivity contribution in [1.29, 1.82) is 0 Å². The molecule has 0 fully saturated rings. The van der Waals surface area contributed by atoms with Gasteiger partial charge in [0.15, 0.2) is 5.82 Å². The second-order valence-electron chi connectivity index (χ2n) is 2.21. The van der Waals surface area contributed by atoms with Crippen LogP contribution in [-0.2, 0) is 0 Å². The van der Waals surface area contributed by atoms with E-state index in [2.05, 4.69) is 31.9 Å². The zero-order valence-electron chi connectivity index (χ0n) is 6.07. The zero-order chi connectivity index (χ0) is 10.2. The lowest BCUT2D eigenvalue weighted by atomic mass is 10.2. The smallest absolute Gasteiger partial charge is 0.254 e. The third kappa shape index (κ3) is 1.88. The predicted octanol–water partition coefficient (Wildman–Crippen LogP) is 2.59. The van der Waals surface area contributed by atoms with Gasteiger partial charge in [0.05, 0.1) is 4.47 Å². The van der Waals surface area contributed by atoms with Crippen LogP contribution in [0.3, 0.4) is 0 Å². The summed E-state index contributed by atoms with van der Waals surface area (Å²) in [6.45, 7) is 0. The standard InChI is InChI=1S/C7H3Br2F2NO/c8-2-1-3(10)4(7(12)13)6(11)5(2)9/h1H,(H2,12,13). The predicted molar refractivity (Wildman–Crippen MR) is 50.3 cm³/mol. The summed E-state index contributed by atoms with van der Waals surface area (Å²) in [5.74, 6) is -3.12. The van der Waals surface area contributed by atoms with Gasteiger partial charge in [-0.3, -0.25) is 4.79 Å². The summed E-state index contributed by atoms with van der Waals surface area (Å²) < 4.78 is 26.3. The molecule has 0 radical (unpaired) electrons. The number of benzene rings is 1. The van der Waals surface area contributed by atoms with Gasteiger partial charge in [0, 0.05) is 4.47 Å². The molecule has 0 aromatic heterocycles. The van der Waals surface area contributed by atoms with Gasteiger partial charge in [-0.1, -0.05) is 0 Å². The molecule has 6 heteroatoms. The first-order chi connectivity index (χ1) is 5.95. The van der Waals surface area contributed by atoms with Crippen LogP contribution in [0.25, 0.3) is 0 Å². The minimum absolute atomic E-state index is 0.0253. The van der Waals surface area contributed by atoms with Gasteiger partial charge < -0.3 is 5.73 Å². The van der Waals surface area contributed by atoms with Crippen molar-refractivity contribution in [3.8, 4) is 0 Å². The fourth-order valence-corrected chi connectivity index (χ4v) is 1.48. The van der Waals surface area contributed by atoms with Gasteiger partial charge in [0.25, 0.3) is 5.91 Å². The van der Waals surface area contributed by atoms with Crippen LogP contribution in [0.1, 0.15) is 10.4 Å². The Balaban J connectivity index is 3.53. The van der Waals surface area contributed by atoms with E-state index in [0.29, 0.717) is 0 Å². The van der Waals surface area contributed by atoms with Crippen molar-refractivity contribution in [1.82, 2.24) is 0 Å².